The highest BCUT2D eigenvalue weighted by Gasteiger charge is 2.18. The van der Waals surface area contributed by atoms with Gasteiger partial charge in [0.2, 0.25) is 0 Å². The number of aromatic carboxylic acids is 1. The molecule has 1 saturated heterocycles. The van der Waals surface area contributed by atoms with Crippen LogP contribution in [0.3, 0.4) is 0 Å². The number of hydrogen-bond donors (Lipinski definition) is 3. The molecule has 1 heterocycles. The summed E-state index contributed by atoms with van der Waals surface area (Å²) in [5, 5.41) is 12.0. The molecule has 4 nitrogen and oxygen atoms in total. The van der Waals surface area contributed by atoms with Crippen molar-refractivity contribution in [1.82, 2.24) is 0 Å². The number of nitrogens with one attached hydrogen (secondary N) is 1. The van der Waals surface area contributed by atoms with Crippen LogP contribution < -0.4 is 11.1 Å². The van der Waals surface area contributed by atoms with E-state index in [0.717, 1.165) is 30.4 Å². The predicted molar refractivity (Wildman–Crippen MR) is 71.7 cm³/mol. The number of thioether (sulfide) groups is 1. The highest BCUT2D eigenvalue weighted by molar-refractivity contribution is 7.99. The van der Waals surface area contributed by atoms with Gasteiger partial charge in [-0.25, -0.2) is 9.18 Å². The van der Waals surface area contributed by atoms with Crippen molar-refractivity contribution in [2.45, 2.75) is 18.9 Å². The van der Waals surface area contributed by atoms with Crippen molar-refractivity contribution in [1.29, 1.82) is 0 Å². The first-order valence-corrected chi connectivity index (χ1v) is 6.90. The van der Waals surface area contributed by atoms with Gasteiger partial charge in [-0.15, -0.1) is 0 Å². The van der Waals surface area contributed by atoms with Crippen LogP contribution in [0.2, 0.25) is 0 Å². The van der Waals surface area contributed by atoms with E-state index in [1.54, 1.807) is 0 Å². The van der Waals surface area contributed by atoms with E-state index in [0.29, 0.717) is 0 Å². The maximum absolute atomic E-state index is 13.7. The van der Waals surface area contributed by atoms with Crippen LogP contribution in [0.25, 0.3) is 0 Å². The van der Waals surface area contributed by atoms with Gasteiger partial charge in [0.15, 0.2) is 0 Å². The van der Waals surface area contributed by atoms with Gasteiger partial charge < -0.3 is 16.2 Å². The van der Waals surface area contributed by atoms with Crippen LogP contribution in [0.4, 0.5) is 15.8 Å². The molecular formula is C12H15FN2O2S. The average Bonchev–Trinajstić information content (AvgIpc) is 2.33. The summed E-state index contributed by atoms with van der Waals surface area (Å²) in [5.41, 5.74) is 5.58. The van der Waals surface area contributed by atoms with Crippen LogP contribution in [0.1, 0.15) is 23.2 Å². The number of anilines is 2. The molecule has 0 bridgehead atoms. The number of nitrogen functional groups attached to an aromatic ring is 1. The molecule has 0 saturated carbocycles. The van der Waals surface area contributed by atoms with Gasteiger partial charge in [0.05, 0.1) is 11.3 Å². The van der Waals surface area contributed by atoms with Gasteiger partial charge in [0, 0.05) is 11.7 Å². The number of benzene rings is 1. The van der Waals surface area contributed by atoms with Gasteiger partial charge in [0.25, 0.3) is 0 Å². The molecule has 0 aromatic heterocycles. The molecule has 18 heavy (non-hydrogen) atoms. The second kappa shape index (κ2) is 5.48. The lowest BCUT2D eigenvalue weighted by atomic mass is 10.1. The van der Waals surface area contributed by atoms with Gasteiger partial charge in [-0.3, -0.25) is 0 Å². The van der Waals surface area contributed by atoms with Gasteiger partial charge in [-0.05, 0) is 36.5 Å². The quantitative estimate of drug-likeness (QED) is 0.735. The molecule has 1 fully saturated rings. The van der Waals surface area contributed by atoms with E-state index in [1.165, 1.54) is 6.07 Å². The third-order valence-electron chi connectivity index (χ3n) is 2.95. The molecule has 4 N–H and O–H groups in total. The summed E-state index contributed by atoms with van der Waals surface area (Å²) in [5.74, 6) is 0.436. The van der Waals surface area contributed by atoms with Crippen molar-refractivity contribution >= 4 is 29.1 Å². The molecule has 0 aliphatic carbocycles. The smallest absolute Gasteiger partial charge is 0.337 e. The molecule has 2 rings (SSSR count). The zero-order chi connectivity index (χ0) is 13.1. The van der Waals surface area contributed by atoms with E-state index in [-0.39, 0.29) is 23.0 Å². The lowest BCUT2D eigenvalue weighted by molar-refractivity contribution is 0.0698. The van der Waals surface area contributed by atoms with E-state index in [2.05, 4.69) is 5.32 Å². The Morgan fingerprint density at radius 3 is 2.72 bits per heavy atom. The van der Waals surface area contributed by atoms with Crippen molar-refractivity contribution in [3.05, 3.63) is 23.5 Å². The summed E-state index contributed by atoms with van der Waals surface area (Å²) in [4.78, 5) is 10.9. The Bertz CT molecular complexity index is 462. The van der Waals surface area contributed by atoms with Crippen molar-refractivity contribution in [2.75, 3.05) is 22.6 Å². The first kappa shape index (κ1) is 13.0. The average molecular weight is 270 g/mol. The summed E-state index contributed by atoms with van der Waals surface area (Å²) in [6.07, 6.45) is 1.91. The predicted octanol–water partition coefficient (Wildman–Crippen LogP) is 2.41. The molecule has 1 aromatic rings. The normalized spacial score (nSPS) is 16.5. The number of hydrogen-bond acceptors (Lipinski definition) is 4. The molecule has 0 amide bonds. The molecule has 0 unspecified atom stereocenters. The summed E-state index contributed by atoms with van der Waals surface area (Å²) >= 11 is 1.88. The van der Waals surface area contributed by atoms with E-state index >= 15 is 0 Å². The van der Waals surface area contributed by atoms with Gasteiger partial charge in [0.1, 0.15) is 5.82 Å². The number of rotatable bonds is 3. The van der Waals surface area contributed by atoms with Gasteiger partial charge in [-0.1, -0.05) is 0 Å². The van der Waals surface area contributed by atoms with Crippen LogP contribution in [-0.2, 0) is 0 Å². The van der Waals surface area contributed by atoms with E-state index < -0.39 is 11.8 Å². The summed E-state index contributed by atoms with van der Waals surface area (Å²) in [7, 11) is 0. The Morgan fingerprint density at radius 1 is 1.44 bits per heavy atom. The molecular weight excluding hydrogens is 255 g/mol. The Kier molecular flexibility index (Phi) is 3.96. The minimum atomic E-state index is -1.14. The Morgan fingerprint density at radius 2 is 2.11 bits per heavy atom. The highest BCUT2D eigenvalue weighted by Crippen LogP contribution is 2.26. The first-order chi connectivity index (χ1) is 8.58. The van der Waals surface area contributed by atoms with Gasteiger partial charge >= 0.3 is 5.97 Å². The lowest BCUT2D eigenvalue weighted by Gasteiger charge is -2.24. The largest absolute Gasteiger partial charge is 0.478 e. The molecule has 0 spiro atoms. The number of carbonyl (C=O) groups is 1. The summed E-state index contributed by atoms with van der Waals surface area (Å²) < 4.78 is 13.7. The van der Waals surface area contributed by atoms with E-state index in [1.807, 2.05) is 11.8 Å². The zero-order valence-corrected chi connectivity index (χ0v) is 10.6. The second-order valence-electron chi connectivity index (χ2n) is 4.26. The Hall–Kier alpha value is -1.43. The Balaban J connectivity index is 2.21. The van der Waals surface area contributed by atoms with E-state index in [4.69, 9.17) is 10.8 Å². The van der Waals surface area contributed by atoms with Crippen LogP contribution in [0.15, 0.2) is 12.1 Å². The van der Waals surface area contributed by atoms with Crippen LogP contribution in [0.5, 0.6) is 0 Å². The fourth-order valence-corrected chi connectivity index (χ4v) is 3.05. The van der Waals surface area contributed by atoms with Crippen molar-refractivity contribution in [2.24, 2.45) is 0 Å². The topological polar surface area (TPSA) is 75.3 Å². The first-order valence-electron chi connectivity index (χ1n) is 5.74. The number of halogens is 1. The SMILES string of the molecule is Nc1cc(F)c(NC2CCSCC2)cc1C(=O)O. The fraction of sp³-hybridized carbons (Fsp3) is 0.417. The minimum Gasteiger partial charge on any atom is -0.478 e. The molecule has 1 aromatic carbocycles. The van der Waals surface area contributed by atoms with Crippen LogP contribution in [-0.4, -0.2) is 28.6 Å². The van der Waals surface area contributed by atoms with Gasteiger partial charge in [-0.2, -0.15) is 11.8 Å². The standard InChI is InChI=1S/C12H15FN2O2S/c13-9-6-10(14)8(12(16)17)5-11(9)15-7-1-3-18-4-2-7/h5-7,15H,1-4,14H2,(H,16,17). The Labute approximate surface area is 109 Å². The van der Waals surface area contributed by atoms with Crippen molar-refractivity contribution in [3.63, 3.8) is 0 Å². The van der Waals surface area contributed by atoms with Crippen molar-refractivity contribution < 1.29 is 14.3 Å². The molecule has 1 aliphatic heterocycles. The highest BCUT2D eigenvalue weighted by atomic mass is 32.2. The maximum atomic E-state index is 13.7. The molecule has 0 radical (unpaired) electrons. The lowest BCUT2D eigenvalue weighted by Crippen LogP contribution is -2.25. The molecule has 98 valence electrons. The minimum absolute atomic E-state index is 0.0512. The van der Waals surface area contributed by atoms with Crippen LogP contribution >= 0.6 is 11.8 Å². The zero-order valence-electron chi connectivity index (χ0n) is 9.78. The molecule has 1 aliphatic rings. The third-order valence-corrected chi connectivity index (χ3v) is 4.00. The van der Waals surface area contributed by atoms with Crippen LogP contribution in [0, 0.1) is 5.82 Å². The number of carboxylic acid groups (broad SMARTS) is 1. The number of carboxylic acids is 1. The maximum Gasteiger partial charge on any atom is 0.337 e. The summed E-state index contributed by atoms with van der Waals surface area (Å²) in [6.45, 7) is 0. The third kappa shape index (κ3) is 2.87. The molecule has 6 heteroatoms. The number of nitrogens with two attached hydrogens (primary N) is 1. The fourth-order valence-electron chi connectivity index (χ4n) is 1.95. The van der Waals surface area contributed by atoms with Crippen molar-refractivity contribution in [3.8, 4) is 0 Å². The second-order valence-corrected chi connectivity index (χ2v) is 5.48. The molecule has 0 atom stereocenters. The monoisotopic (exact) mass is 270 g/mol. The summed E-state index contributed by atoms with van der Waals surface area (Å²) in [6, 6.07) is 2.53. The van der Waals surface area contributed by atoms with E-state index in [9.17, 15) is 9.18 Å².